The zero-order valence-electron chi connectivity index (χ0n) is 17.3. The molecule has 1 saturated heterocycles. The summed E-state index contributed by atoms with van der Waals surface area (Å²) < 4.78 is 14.9. The molecule has 1 atom stereocenters. The highest BCUT2D eigenvalue weighted by Crippen LogP contribution is 2.25. The van der Waals surface area contributed by atoms with Gasteiger partial charge >= 0.3 is 0 Å². The lowest BCUT2D eigenvalue weighted by atomic mass is 10.2. The largest absolute Gasteiger partial charge is 0.356 e. The first kappa shape index (κ1) is 19.9. The van der Waals surface area contributed by atoms with Gasteiger partial charge in [0.15, 0.2) is 0 Å². The first-order valence-corrected chi connectivity index (χ1v) is 11.2. The molecule has 1 N–H and O–H groups in total. The number of pyridine rings is 1. The van der Waals surface area contributed by atoms with Crippen LogP contribution in [0.15, 0.2) is 54.9 Å². The third-order valence-electron chi connectivity index (χ3n) is 5.43. The number of benzene rings is 1. The van der Waals surface area contributed by atoms with Crippen molar-refractivity contribution in [1.82, 2.24) is 24.5 Å². The van der Waals surface area contributed by atoms with E-state index in [0.29, 0.717) is 0 Å². The van der Waals surface area contributed by atoms with Crippen molar-refractivity contribution in [3.05, 3.63) is 60.7 Å². The van der Waals surface area contributed by atoms with Gasteiger partial charge < -0.3 is 10.2 Å². The molecule has 1 aromatic carbocycles. The molecule has 1 fully saturated rings. The van der Waals surface area contributed by atoms with Gasteiger partial charge in [-0.25, -0.2) is 18.9 Å². The van der Waals surface area contributed by atoms with E-state index in [0.717, 1.165) is 59.9 Å². The molecule has 1 aliphatic rings. The van der Waals surface area contributed by atoms with Gasteiger partial charge in [0.2, 0.25) is 10.1 Å². The second-order valence-corrected chi connectivity index (χ2v) is 8.74. The summed E-state index contributed by atoms with van der Waals surface area (Å²) in [6, 6.07) is 12.7. The van der Waals surface area contributed by atoms with Gasteiger partial charge in [0.25, 0.3) is 0 Å². The minimum atomic E-state index is -0.249. The van der Waals surface area contributed by atoms with Crippen LogP contribution in [-0.2, 0) is 0 Å². The Bertz CT molecular complexity index is 1100. The van der Waals surface area contributed by atoms with Crippen molar-refractivity contribution in [2.75, 3.05) is 42.9 Å². The van der Waals surface area contributed by atoms with E-state index in [2.05, 4.69) is 43.2 Å². The van der Waals surface area contributed by atoms with Gasteiger partial charge in [0.05, 0.1) is 11.9 Å². The van der Waals surface area contributed by atoms with Crippen LogP contribution in [0.5, 0.6) is 0 Å². The van der Waals surface area contributed by atoms with Crippen molar-refractivity contribution in [3.8, 4) is 11.3 Å². The average molecular weight is 438 g/mol. The van der Waals surface area contributed by atoms with Crippen molar-refractivity contribution in [2.24, 2.45) is 0 Å². The Morgan fingerprint density at radius 3 is 2.61 bits per heavy atom. The van der Waals surface area contributed by atoms with Crippen LogP contribution >= 0.6 is 11.3 Å². The number of imidazole rings is 1. The zero-order valence-corrected chi connectivity index (χ0v) is 18.1. The molecule has 0 radical (unpaired) electrons. The Hall–Kier alpha value is -3.04. The number of nitrogens with zero attached hydrogens (tertiary/aromatic N) is 6. The molecular formula is C22H24FN7S. The van der Waals surface area contributed by atoms with Crippen molar-refractivity contribution in [3.63, 3.8) is 0 Å². The van der Waals surface area contributed by atoms with Crippen molar-refractivity contribution >= 4 is 27.2 Å². The highest BCUT2D eigenvalue weighted by atomic mass is 32.1. The molecule has 4 aromatic rings. The first-order chi connectivity index (χ1) is 15.1. The molecule has 0 amide bonds. The van der Waals surface area contributed by atoms with E-state index < -0.39 is 0 Å². The summed E-state index contributed by atoms with van der Waals surface area (Å²) in [5.41, 5.74) is 1.68. The van der Waals surface area contributed by atoms with E-state index in [1.165, 1.54) is 23.5 Å². The zero-order chi connectivity index (χ0) is 21.2. The maximum atomic E-state index is 13.1. The van der Waals surface area contributed by atoms with E-state index in [-0.39, 0.29) is 11.9 Å². The fraction of sp³-hybridized carbons (Fsp3) is 0.318. The quantitative estimate of drug-likeness (QED) is 0.497. The smallest absolute Gasteiger partial charge is 0.214 e. The van der Waals surface area contributed by atoms with Crippen LogP contribution in [0.4, 0.5) is 15.3 Å². The lowest BCUT2D eigenvalue weighted by Crippen LogP contribution is -2.49. The lowest BCUT2D eigenvalue weighted by molar-refractivity contribution is 0.250. The number of aromatic nitrogens is 4. The number of rotatable bonds is 6. The second-order valence-electron chi connectivity index (χ2n) is 7.79. The highest BCUT2D eigenvalue weighted by molar-refractivity contribution is 7.20. The Balaban J connectivity index is 1.16. The molecule has 1 aliphatic heterocycles. The molecule has 1 unspecified atom stereocenters. The third kappa shape index (κ3) is 4.52. The summed E-state index contributed by atoms with van der Waals surface area (Å²) in [6.45, 7) is 7.15. The van der Waals surface area contributed by atoms with Crippen molar-refractivity contribution in [1.29, 1.82) is 0 Å². The summed E-state index contributed by atoms with van der Waals surface area (Å²) in [7, 11) is 0. The Kier molecular flexibility index (Phi) is 5.52. The molecule has 0 aliphatic carbocycles. The molecule has 0 spiro atoms. The maximum Gasteiger partial charge on any atom is 0.214 e. The van der Waals surface area contributed by atoms with Gasteiger partial charge in [0.1, 0.15) is 11.6 Å². The van der Waals surface area contributed by atoms with Crippen LogP contribution in [0.1, 0.15) is 6.92 Å². The van der Waals surface area contributed by atoms with Gasteiger partial charge in [-0.2, -0.15) is 0 Å². The van der Waals surface area contributed by atoms with Gasteiger partial charge in [0, 0.05) is 50.5 Å². The molecule has 9 heteroatoms. The number of anilines is 2. The number of halogens is 1. The second kappa shape index (κ2) is 8.60. The molecule has 31 heavy (non-hydrogen) atoms. The van der Waals surface area contributed by atoms with E-state index in [9.17, 15) is 4.39 Å². The molecule has 0 bridgehead atoms. The number of fused-ring (bicyclic) bond motifs is 1. The number of piperazine rings is 1. The average Bonchev–Trinajstić information content (AvgIpc) is 3.34. The predicted octanol–water partition coefficient (Wildman–Crippen LogP) is 3.61. The molecule has 3 aromatic heterocycles. The van der Waals surface area contributed by atoms with Crippen molar-refractivity contribution < 1.29 is 4.39 Å². The van der Waals surface area contributed by atoms with Crippen molar-refractivity contribution in [2.45, 2.75) is 13.0 Å². The molecule has 4 heterocycles. The molecule has 0 saturated carbocycles. The normalized spacial score (nSPS) is 16.0. The van der Waals surface area contributed by atoms with E-state index in [1.807, 2.05) is 24.5 Å². The minimum absolute atomic E-state index is 0.249. The number of hydrogen-bond acceptors (Lipinski definition) is 7. The summed E-state index contributed by atoms with van der Waals surface area (Å²) in [5, 5.41) is 8.97. The summed E-state index contributed by atoms with van der Waals surface area (Å²) in [5.74, 6) is 0.806. The first-order valence-electron chi connectivity index (χ1n) is 10.4. The van der Waals surface area contributed by atoms with Gasteiger partial charge in [-0.15, -0.1) is 5.10 Å². The van der Waals surface area contributed by atoms with Crippen LogP contribution in [0.3, 0.4) is 0 Å². The van der Waals surface area contributed by atoms with Crippen LogP contribution in [0, 0.1) is 5.82 Å². The standard InChI is InChI=1S/C22H24FN7S/c1-16(14-28-10-12-29(13-11-28)20-4-2-3-9-24-20)25-21-27-30-15-19(26-22(30)31-21)17-5-7-18(23)8-6-17/h2-9,15-16H,10-14H2,1H3,(H,25,27). The predicted molar refractivity (Wildman–Crippen MR) is 122 cm³/mol. The third-order valence-corrected chi connectivity index (χ3v) is 6.28. The molecular weight excluding hydrogens is 413 g/mol. The van der Waals surface area contributed by atoms with Crippen LogP contribution < -0.4 is 10.2 Å². The Morgan fingerprint density at radius 2 is 1.90 bits per heavy atom. The topological polar surface area (TPSA) is 61.6 Å². The fourth-order valence-electron chi connectivity index (χ4n) is 3.86. The van der Waals surface area contributed by atoms with Gasteiger partial charge in [-0.05, 0) is 43.3 Å². The summed E-state index contributed by atoms with van der Waals surface area (Å²) >= 11 is 1.52. The minimum Gasteiger partial charge on any atom is -0.356 e. The summed E-state index contributed by atoms with van der Waals surface area (Å²) in [4.78, 5) is 14.7. The summed E-state index contributed by atoms with van der Waals surface area (Å²) in [6.07, 6.45) is 3.73. The SMILES string of the molecule is CC(CN1CCN(c2ccccn2)CC1)Nc1nn2cc(-c3ccc(F)cc3)nc2s1. The van der Waals surface area contributed by atoms with E-state index in [1.54, 1.807) is 16.6 Å². The molecule has 7 nitrogen and oxygen atoms in total. The van der Waals surface area contributed by atoms with Gasteiger partial charge in [-0.3, -0.25) is 4.90 Å². The number of nitrogens with one attached hydrogen (secondary N) is 1. The fourth-order valence-corrected chi connectivity index (χ4v) is 4.76. The monoisotopic (exact) mass is 437 g/mol. The molecule has 5 rings (SSSR count). The maximum absolute atomic E-state index is 13.1. The lowest BCUT2D eigenvalue weighted by Gasteiger charge is -2.36. The van der Waals surface area contributed by atoms with E-state index >= 15 is 0 Å². The van der Waals surface area contributed by atoms with Crippen LogP contribution in [-0.4, -0.2) is 63.2 Å². The Labute approximate surface area is 184 Å². The highest BCUT2D eigenvalue weighted by Gasteiger charge is 2.20. The number of hydrogen-bond donors (Lipinski definition) is 1. The van der Waals surface area contributed by atoms with Crippen LogP contribution in [0.25, 0.3) is 16.2 Å². The van der Waals surface area contributed by atoms with E-state index in [4.69, 9.17) is 0 Å². The van der Waals surface area contributed by atoms with Gasteiger partial charge in [-0.1, -0.05) is 17.4 Å². The Morgan fingerprint density at radius 1 is 1.10 bits per heavy atom. The molecule has 160 valence electrons. The van der Waals surface area contributed by atoms with Crippen LogP contribution in [0.2, 0.25) is 0 Å².